The zero-order valence-electron chi connectivity index (χ0n) is 23.8. The number of anilines is 1. The molecule has 2 atom stereocenters. The molecule has 2 N–H and O–H groups in total. The van der Waals surface area contributed by atoms with Gasteiger partial charge < -0.3 is 25.0 Å². The van der Waals surface area contributed by atoms with Crippen LogP contribution in [0.2, 0.25) is 5.02 Å². The maximum atomic E-state index is 14.1. The van der Waals surface area contributed by atoms with Gasteiger partial charge in [0.15, 0.2) is 0 Å². The van der Waals surface area contributed by atoms with Crippen LogP contribution >= 0.6 is 11.6 Å². The van der Waals surface area contributed by atoms with Crippen molar-refractivity contribution in [3.05, 3.63) is 65.2 Å². The zero-order chi connectivity index (χ0) is 29.9. The van der Waals surface area contributed by atoms with E-state index in [1.54, 1.807) is 36.4 Å². The molecule has 2 fully saturated rings. The second-order valence-electron chi connectivity index (χ2n) is 11.1. The molecular formula is C30H37ClN4O6S. The Hall–Kier alpha value is -3.12. The van der Waals surface area contributed by atoms with Gasteiger partial charge in [0.05, 0.1) is 59.5 Å². The highest BCUT2D eigenvalue weighted by molar-refractivity contribution is 7.92. The number of piperidine rings is 1. The van der Waals surface area contributed by atoms with Crippen molar-refractivity contribution in [3.63, 3.8) is 0 Å². The predicted octanol–water partition coefficient (Wildman–Crippen LogP) is 3.08. The maximum Gasteiger partial charge on any atom is 0.264 e. The fraction of sp³-hybridized carbons (Fsp3) is 0.467. The van der Waals surface area contributed by atoms with Crippen LogP contribution in [0.1, 0.15) is 30.1 Å². The second kappa shape index (κ2) is 12.6. The molecular weight excluding hydrogens is 580 g/mol. The van der Waals surface area contributed by atoms with E-state index in [0.717, 1.165) is 13.1 Å². The van der Waals surface area contributed by atoms with Crippen molar-refractivity contribution in [2.45, 2.75) is 30.7 Å². The highest BCUT2D eigenvalue weighted by Crippen LogP contribution is 2.35. The molecule has 5 rings (SSSR count). The first-order chi connectivity index (χ1) is 20.2. The van der Waals surface area contributed by atoms with Gasteiger partial charge >= 0.3 is 0 Å². The number of amides is 2. The van der Waals surface area contributed by atoms with Crippen molar-refractivity contribution in [1.29, 1.82) is 0 Å². The first kappa shape index (κ1) is 30.3. The second-order valence-corrected chi connectivity index (χ2v) is 13.4. The molecule has 3 aliphatic rings. The van der Waals surface area contributed by atoms with E-state index in [4.69, 9.17) is 21.1 Å². The summed E-state index contributed by atoms with van der Waals surface area (Å²) in [5.41, 5.74) is -0.261. The summed E-state index contributed by atoms with van der Waals surface area (Å²) in [5.74, 6) is -0.0700. The molecule has 0 aliphatic carbocycles. The smallest absolute Gasteiger partial charge is 0.264 e. The molecule has 3 heterocycles. The average Bonchev–Trinajstić information content (AvgIpc) is 3.35. The van der Waals surface area contributed by atoms with Crippen molar-refractivity contribution < 1.29 is 27.5 Å². The van der Waals surface area contributed by atoms with Crippen LogP contribution in [0.5, 0.6) is 5.75 Å². The Morgan fingerprint density at radius 2 is 1.83 bits per heavy atom. The zero-order valence-corrected chi connectivity index (χ0v) is 25.4. The van der Waals surface area contributed by atoms with Crippen LogP contribution in [0.15, 0.2) is 59.5 Å². The minimum Gasteiger partial charge on any atom is -0.495 e. The Morgan fingerprint density at radius 3 is 2.60 bits per heavy atom. The number of methoxy groups -OCH3 is 1. The molecule has 0 radical (unpaired) electrons. The van der Waals surface area contributed by atoms with Crippen LogP contribution in [-0.2, 0) is 19.6 Å². The third-order valence-electron chi connectivity index (χ3n) is 8.39. The summed E-state index contributed by atoms with van der Waals surface area (Å²) in [4.78, 5) is 29.2. The number of hydrogen-bond donors (Lipinski definition) is 2. The monoisotopic (exact) mass is 616 g/mol. The molecule has 0 aromatic heterocycles. The van der Waals surface area contributed by atoms with E-state index in [2.05, 4.69) is 10.6 Å². The van der Waals surface area contributed by atoms with Crippen molar-refractivity contribution in [3.8, 4) is 5.75 Å². The predicted molar refractivity (Wildman–Crippen MR) is 160 cm³/mol. The number of nitrogens with zero attached hydrogens (tertiary/aromatic N) is 2. The standard InChI is InChI=1S/C30H37ClN4O6S/c1-21-18-34-19-25(21)33-28(36)23-17-22(9-10-24(23)31)42(38,39)35(26-7-3-4-8-27(26)40-2)15-5-6-16-41-20-30(29(34)37)11-13-32-14-12-30/h3-10,17,21,25,32H,11-16,18-20H2,1-2H3,(H,33,36)/b6-5+/t21-,25+/m1/s1. The average molecular weight is 617 g/mol. The minimum absolute atomic E-state index is 0.00525. The molecule has 42 heavy (non-hydrogen) atoms. The molecule has 4 bridgehead atoms. The summed E-state index contributed by atoms with van der Waals surface area (Å²) in [7, 11) is -2.68. The van der Waals surface area contributed by atoms with E-state index in [1.807, 2.05) is 11.8 Å². The Morgan fingerprint density at radius 1 is 1.07 bits per heavy atom. The number of hydrogen-bond acceptors (Lipinski definition) is 7. The summed E-state index contributed by atoms with van der Waals surface area (Å²) < 4.78 is 40.9. The van der Waals surface area contributed by atoms with Gasteiger partial charge in [-0.3, -0.25) is 13.9 Å². The Labute approximate surface area is 252 Å². The van der Waals surface area contributed by atoms with Crippen molar-refractivity contribution in [2.24, 2.45) is 11.3 Å². The van der Waals surface area contributed by atoms with E-state index in [9.17, 15) is 18.0 Å². The molecule has 2 aromatic carbocycles. The first-order valence-electron chi connectivity index (χ1n) is 14.2. The minimum atomic E-state index is -4.15. The summed E-state index contributed by atoms with van der Waals surface area (Å²) in [5, 5.41) is 6.48. The number of nitrogens with one attached hydrogen (secondary N) is 2. The third-order valence-corrected chi connectivity index (χ3v) is 10.5. The molecule has 2 amide bonds. The van der Waals surface area contributed by atoms with Gasteiger partial charge in [-0.25, -0.2) is 8.42 Å². The largest absolute Gasteiger partial charge is 0.495 e. The number of benzene rings is 2. The van der Waals surface area contributed by atoms with E-state index in [1.165, 1.54) is 29.6 Å². The van der Waals surface area contributed by atoms with Gasteiger partial charge in [0, 0.05) is 13.1 Å². The fourth-order valence-electron chi connectivity index (χ4n) is 5.92. The number of ether oxygens (including phenoxy) is 2. The van der Waals surface area contributed by atoms with E-state index < -0.39 is 21.3 Å². The normalized spacial score (nSPS) is 25.4. The van der Waals surface area contributed by atoms with Gasteiger partial charge in [0.1, 0.15) is 5.75 Å². The number of para-hydroxylation sites is 2. The molecule has 2 saturated heterocycles. The summed E-state index contributed by atoms with van der Waals surface area (Å²) in [6.07, 6.45) is 4.77. The maximum absolute atomic E-state index is 14.1. The molecule has 226 valence electrons. The highest BCUT2D eigenvalue weighted by atomic mass is 35.5. The van der Waals surface area contributed by atoms with E-state index in [-0.39, 0.29) is 53.1 Å². The summed E-state index contributed by atoms with van der Waals surface area (Å²) in [6, 6.07) is 10.6. The van der Waals surface area contributed by atoms with Crippen LogP contribution in [0.3, 0.4) is 0 Å². The lowest BCUT2D eigenvalue weighted by Gasteiger charge is -2.38. The number of sulfonamides is 1. The van der Waals surface area contributed by atoms with Crippen molar-refractivity contribution >= 4 is 39.1 Å². The molecule has 0 unspecified atom stereocenters. The van der Waals surface area contributed by atoms with E-state index in [0.29, 0.717) is 37.4 Å². The van der Waals surface area contributed by atoms with Crippen molar-refractivity contribution in [2.75, 3.05) is 57.4 Å². The number of carbonyl (C=O) groups excluding carboxylic acids is 2. The number of carbonyl (C=O) groups is 2. The first-order valence-corrected chi connectivity index (χ1v) is 16.0. The summed E-state index contributed by atoms with van der Waals surface area (Å²) in [6.45, 7) is 4.76. The van der Waals surface area contributed by atoms with Crippen LogP contribution in [-0.4, -0.2) is 84.2 Å². The van der Waals surface area contributed by atoms with Crippen molar-refractivity contribution in [1.82, 2.24) is 15.5 Å². The van der Waals surface area contributed by atoms with Gasteiger partial charge in [-0.05, 0) is 62.2 Å². The van der Waals surface area contributed by atoms with E-state index >= 15 is 0 Å². The quantitative estimate of drug-likeness (QED) is 0.498. The molecule has 0 saturated carbocycles. The number of fused-ring (bicyclic) bond motifs is 4. The van der Waals surface area contributed by atoms with Gasteiger partial charge in [-0.2, -0.15) is 0 Å². The lowest BCUT2D eigenvalue weighted by atomic mass is 9.78. The molecule has 12 heteroatoms. The lowest BCUT2D eigenvalue weighted by molar-refractivity contribution is -0.147. The van der Waals surface area contributed by atoms with Gasteiger partial charge in [-0.1, -0.05) is 42.8 Å². The number of rotatable bonds is 2. The Kier molecular flexibility index (Phi) is 9.12. The lowest BCUT2D eigenvalue weighted by Crippen LogP contribution is -2.51. The molecule has 3 aliphatic heterocycles. The topological polar surface area (TPSA) is 117 Å². The van der Waals surface area contributed by atoms with Gasteiger partial charge in [0.2, 0.25) is 5.91 Å². The number of halogens is 1. The Bertz CT molecular complexity index is 1460. The van der Waals surface area contributed by atoms with Crippen LogP contribution in [0.25, 0.3) is 0 Å². The highest BCUT2D eigenvalue weighted by Gasteiger charge is 2.45. The molecule has 10 nitrogen and oxygen atoms in total. The summed E-state index contributed by atoms with van der Waals surface area (Å²) >= 11 is 6.43. The fourth-order valence-corrected chi connectivity index (χ4v) is 7.57. The third kappa shape index (κ3) is 6.01. The van der Waals surface area contributed by atoms with Crippen LogP contribution < -0.4 is 19.7 Å². The molecule has 2 aromatic rings. The van der Waals surface area contributed by atoms with Gasteiger partial charge in [0.25, 0.3) is 15.9 Å². The van der Waals surface area contributed by atoms with Gasteiger partial charge in [-0.15, -0.1) is 0 Å². The van der Waals surface area contributed by atoms with Crippen LogP contribution in [0.4, 0.5) is 5.69 Å². The molecule has 1 spiro atoms. The van der Waals surface area contributed by atoms with Crippen LogP contribution in [0, 0.1) is 11.3 Å². The SMILES string of the molecule is COc1ccccc1N1C/C=C/COCC2(CCNCC2)C(=O)N2C[C@@H](C)[C@H](C2)NC(=O)c2cc(ccc2Cl)S1(=O)=O. The Balaban J connectivity index is 1.55.